The molecule has 1 aromatic heterocycles. The van der Waals surface area contributed by atoms with E-state index < -0.39 is 5.97 Å². The van der Waals surface area contributed by atoms with Crippen LogP contribution in [0, 0.1) is 18.8 Å². The summed E-state index contributed by atoms with van der Waals surface area (Å²) < 4.78 is 0. The number of rotatable bonds is 5. The van der Waals surface area contributed by atoms with Gasteiger partial charge in [0.1, 0.15) is 11.4 Å². The molecule has 0 saturated heterocycles. The molecule has 1 aromatic rings. The first-order valence-corrected chi connectivity index (χ1v) is 7.17. The summed E-state index contributed by atoms with van der Waals surface area (Å²) >= 11 is 0. The molecule has 110 valence electrons. The second-order valence-corrected chi connectivity index (χ2v) is 5.52. The first kappa shape index (κ1) is 14.8. The summed E-state index contributed by atoms with van der Waals surface area (Å²) in [5.41, 5.74) is 0.946. The Kier molecular flexibility index (Phi) is 4.95. The zero-order valence-corrected chi connectivity index (χ0v) is 11.8. The van der Waals surface area contributed by atoms with Crippen LogP contribution in [-0.2, 0) is 0 Å². The van der Waals surface area contributed by atoms with Gasteiger partial charge in [-0.1, -0.05) is 12.8 Å². The summed E-state index contributed by atoms with van der Waals surface area (Å²) in [7, 11) is 0. The fraction of sp³-hybridized carbons (Fsp3) is 0.600. The van der Waals surface area contributed by atoms with Crippen LogP contribution in [0.4, 0.5) is 5.82 Å². The Labute approximate surface area is 119 Å². The molecule has 2 unspecified atom stereocenters. The monoisotopic (exact) mass is 278 g/mol. The molecule has 20 heavy (non-hydrogen) atoms. The third-order valence-corrected chi connectivity index (χ3v) is 4.21. The van der Waals surface area contributed by atoms with E-state index in [0.717, 1.165) is 12.8 Å². The molecule has 5 nitrogen and oxygen atoms in total. The second kappa shape index (κ2) is 6.70. The Hall–Kier alpha value is -1.62. The number of pyridine rings is 1. The molecule has 5 heteroatoms. The molecule has 2 rings (SSSR count). The van der Waals surface area contributed by atoms with E-state index in [1.54, 1.807) is 19.2 Å². The lowest BCUT2D eigenvalue weighted by atomic mass is 9.79. The molecule has 0 aromatic carbocycles. The van der Waals surface area contributed by atoms with E-state index in [1.807, 2.05) is 0 Å². The van der Waals surface area contributed by atoms with Crippen LogP contribution in [0.1, 0.15) is 41.6 Å². The van der Waals surface area contributed by atoms with Crippen LogP contribution in [0.5, 0.6) is 0 Å². The van der Waals surface area contributed by atoms with E-state index in [1.165, 1.54) is 12.8 Å². The fourth-order valence-corrected chi connectivity index (χ4v) is 2.98. The zero-order valence-electron chi connectivity index (χ0n) is 11.8. The van der Waals surface area contributed by atoms with Crippen molar-refractivity contribution < 1.29 is 15.0 Å². The highest BCUT2D eigenvalue weighted by Gasteiger charge is 2.25. The Morgan fingerprint density at radius 2 is 2.10 bits per heavy atom. The summed E-state index contributed by atoms with van der Waals surface area (Å²) in [5, 5.41) is 21.8. The Balaban J connectivity index is 2.07. The molecule has 0 bridgehead atoms. The molecule has 0 radical (unpaired) electrons. The summed E-state index contributed by atoms with van der Waals surface area (Å²) in [4.78, 5) is 15.4. The maximum absolute atomic E-state index is 11.3. The molecule has 0 amide bonds. The van der Waals surface area contributed by atoms with Crippen LogP contribution in [-0.4, -0.2) is 34.3 Å². The highest BCUT2D eigenvalue weighted by Crippen LogP contribution is 2.30. The molecule has 1 heterocycles. The van der Waals surface area contributed by atoms with Crippen molar-refractivity contribution in [3.63, 3.8) is 0 Å². The van der Waals surface area contributed by atoms with E-state index in [9.17, 15) is 15.0 Å². The standard InChI is InChI=1S/C15H22N2O3/c1-10-6-7-16-14(13(10)15(19)20)17-8-11-4-2-3-5-12(11)9-18/h6-7,11-12,18H,2-5,8-9H2,1H3,(H,16,17)(H,19,20). The molecule has 0 spiro atoms. The van der Waals surface area contributed by atoms with Crippen LogP contribution in [0.25, 0.3) is 0 Å². The van der Waals surface area contributed by atoms with Gasteiger partial charge in [0.05, 0.1) is 0 Å². The lowest BCUT2D eigenvalue weighted by Crippen LogP contribution is -2.29. The zero-order chi connectivity index (χ0) is 14.5. The summed E-state index contributed by atoms with van der Waals surface area (Å²) in [6, 6.07) is 1.70. The van der Waals surface area contributed by atoms with Gasteiger partial charge in [0.25, 0.3) is 0 Å². The van der Waals surface area contributed by atoms with Crippen molar-refractivity contribution in [3.05, 3.63) is 23.4 Å². The number of carboxylic acid groups (broad SMARTS) is 1. The van der Waals surface area contributed by atoms with Gasteiger partial charge in [-0.2, -0.15) is 0 Å². The van der Waals surface area contributed by atoms with Gasteiger partial charge in [-0.15, -0.1) is 0 Å². The van der Waals surface area contributed by atoms with E-state index in [0.29, 0.717) is 29.8 Å². The second-order valence-electron chi connectivity index (χ2n) is 5.52. The lowest BCUT2D eigenvalue weighted by Gasteiger charge is -2.30. The average molecular weight is 278 g/mol. The Bertz CT molecular complexity index is 476. The number of aliphatic hydroxyl groups is 1. The number of aryl methyl sites for hydroxylation is 1. The summed E-state index contributed by atoms with van der Waals surface area (Å²) in [6.45, 7) is 2.65. The summed E-state index contributed by atoms with van der Waals surface area (Å²) in [6.07, 6.45) is 6.09. The predicted octanol–water partition coefficient (Wildman–Crippen LogP) is 2.30. The third kappa shape index (κ3) is 3.28. The minimum absolute atomic E-state index is 0.208. The molecule has 1 aliphatic carbocycles. The van der Waals surface area contributed by atoms with Crippen molar-refractivity contribution in [2.45, 2.75) is 32.6 Å². The highest BCUT2D eigenvalue weighted by molar-refractivity contribution is 5.94. The van der Waals surface area contributed by atoms with Crippen molar-refractivity contribution >= 4 is 11.8 Å². The van der Waals surface area contributed by atoms with Gasteiger partial charge >= 0.3 is 5.97 Å². The first-order valence-electron chi connectivity index (χ1n) is 7.17. The Morgan fingerprint density at radius 3 is 2.75 bits per heavy atom. The highest BCUT2D eigenvalue weighted by atomic mass is 16.4. The number of hydrogen-bond acceptors (Lipinski definition) is 4. The van der Waals surface area contributed by atoms with Gasteiger partial charge in [-0.3, -0.25) is 0 Å². The number of nitrogens with zero attached hydrogens (tertiary/aromatic N) is 1. The number of aromatic nitrogens is 1. The normalized spacial score (nSPS) is 22.5. The molecule has 1 aliphatic rings. The van der Waals surface area contributed by atoms with Crippen molar-refractivity contribution in [2.75, 3.05) is 18.5 Å². The van der Waals surface area contributed by atoms with Crippen LogP contribution >= 0.6 is 0 Å². The van der Waals surface area contributed by atoms with Crippen LogP contribution in [0.2, 0.25) is 0 Å². The smallest absolute Gasteiger partial charge is 0.339 e. The Morgan fingerprint density at radius 1 is 1.40 bits per heavy atom. The van der Waals surface area contributed by atoms with Crippen molar-refractivity contribution in [3.8, 4) is 0 Å². The molecule has 0 aliphatic heterocycles. The third-order valence-electron chi connectivity index (χ3n) is 4.21. The van der Waals surface area contributed by atoms with E-state index >= 15 is 0 Å². The van der Waals surface area contributed by atoms with Crippen LogP contribution in [0.15, 0.2) is 12.3 Å². The maximum Gasteiger partial charge on any atom is 0.339 e. The van der Waals surface area contributed by atoms with Gasteiger partial charge in [-0.05, 0) is 43.2 Å². The number of carbonyl (C=O) groups is 1. The number of hydrogen-bond donors (Lipinski definition) is 3. The molecule has 1 saturated carbocycles. The minimum atomic E-state index is -0.958. The largest absolute Gasteiger partial charge is 0.478 e. The topological polar surface area (TPSA) is 82.5 Å². The van der Waals surface area contributed by atoms with E-state index in [2.05, 4.69) is 10.3 Å². The van der Waals surface area contributed by atoms with Gasteiger partial charge < -0.3 is 15.5 Å². The number of carboxylic acids is 1. The van der Waals surface area contributed by atoms with Crippen LogP contribution in [0.3, 0.4) is 0 Å². The van der Waals surface area contributed by atoms with Crippen molar-refractivity contribution in [2.24, 2.45) is 11.8 Å². The lowest BCUT2D eigenvalue weighted by molar-refractivity contribution is 0.0696. The maximum atomic E-state index is 11.3. The van der Waals surface area contributed by atoms with Crippen LogP contribution < -0.4 is 5.32 Å². The predicted molar refractivity (Wildman–Crippen MR) is 77.0 cm³/mol. The van der Waals surface area contributed by atoms with E-state index in [-0.39, 0.29) is 12.2 Å². The minimum Gasteiger partial charge on any atom is -0.478 e. The molecule has 2 atom stereocenters. The first-order chi connectivity index (χ1) is 9.63. The number of aromatic carboxylic acids is 1. The molecular formula is C15H22N2O3. The van der Waals surface area contributed by atoms with Gasteiger partial charge in [-0.25, -0.2) is 9.78 Å². The quantitative estimate of drug-likeness (QED) is 0.770. The number of aliphatic hydroxyl groups excluding tert-OH is 1. The molecule has 3 N–H and O–H groups in total. The SMILES string of the molecule is Cc1ccnc(NCC2CCCCC2CO)c1C(=O)O. The van der Waals surface area contributed by atoms with Gasteiger partial charge in [0.15, 0.2) is 0 Å². The number of anilines is 1. The van der Waals surface area contributed by atoms with Crippen molar-refractivity contribution in [1.82, 2.24) is 4.98 Å². The molecule has 1 fully saturated rings. The van der Waals surface area contributed by atoms with Crippen molar-refractivity contribution in [1.29, 1.82) is 0 Å². The van der Waals surface area contributed by atoms with Gasteiger partial charge in [0.2, 0.25) is 0 Å². The number of nitrogens with one attached hydrogen (secondary N) is 1. The molecular weight excluding hydrogens is 256 g/mol. The van der Waals surface area contributed by atoms with Gasteiger partial charge in [0, 0.05) is 19.3 Å². The fourth-order valence-electron chi connectivity index (χ4n) is 2.98. The van der Waals surface area contributed by atoms with E-state index in [4.69, 9.17) is 0 Å². The summed E-state index contributed by atoms with van der Waals surface area (Å²) in [5.74, 6) is 0.173. The average Bonchev–Trinajstić information content (AvgIpc) is 2.45.